The summed E-state index contributed by atoms with van der Waals surface area (Å²) in [6, 6.07) is 8.29. The van der Waals surface area contributed by atoms with E-state index in [1.807, 2.05) is 19.1 Å². The molecule has 0 aliphatic carbocycles. The number of rotatable bonds is 8. The highest BCUT2D eigenvalue weighted by Crippen LogP contribution is 2.35. The Morgan fingerprint density at radius 1 is 1.14 bits per heavy atom. The minimum atomic E-state index is 0.129. The van der Waals surface area contributed by atoms with Gasteiger partial charge in [0.15, 0.2) is 11.5 Å². The lowest BCUT2D eigenvalue weighted by Gasteiger charge is -2.16. The van der Waals surface area contributed by atoms with Gasteiger partial charge in [0.05, 0.1) is 25.8 Å². The smallest absolute Gasteiger partial charge is 0.162 e. The number of unbranched alkanes of at least 4 members (excludes halogenated alkanes) is 1. The van der Waals surface area contributed by atoms with Crippen LogP contribution >= 0.6 is 11.3 Å². The van der Waals surface area contributed by atoms with Crippen molar-refractivity contribution in [1.29, 1.82) is 0 Å². The Kier molecular flexibility index (Phi) is 6.52. The highest BCUT2D eigenvalue weighted by atomic mass is 32.1. The van der Waals surface area contributed by atoms with E-state index in [1.54, 1.807) is 25.6 Å². The Morgan fingerprint density at radius 3 is 2.61 bits per heavy atom. The lowest BCUT2D eigenvalue weighted by atomic mass is 10.2. The summed E-state index contributed by atoms with van der Waals surface area (Å²) in [5, 5.41) is 4.46. The molecule has 0 radical (unpaired) electrons. The Hall–Kier alpha value is -2.60. The van der Waals surface area contributed by atoms with E-state index in [0.29, 0.717) is 17.3 Å². The lowest BCUT2D eigenvalue weighted by molar-refractivity contribution is 0.356. The third-order valence-corrected chi connectivity index (χ3v) is 5.71. The van der Waals surface area contributed by atoms with E-state index in [1.165, 1.54) is 16.2 Å². The Bertz CT molecular complexity index is 981. The molecule has 1 N–H and O–H groups in total. The molecule has 3 aromatic rings. The molecule has 0 bridgehead atoms. The van der Waals surface area contributed by atoms with Gasteiger partial charge in [-0.05, 0) is 44.5 Å². The molecule has 0 aliphatic rings. The highest BCUT2D eigenvalue weighted by Gasteiger charge is 2.15. The van der Waals surface area contributed by atoms with Gasteiger partial charge in [-0.3, -0.25) is 0 Å². The van der Waals surface area contributed by atoms with E-state index in [-0.39, 0.29) is 6.04 Å². The van der Waals surface area contributed by atoms with Gasteiger partial charge in [0.2, 0.25) is 0 Å². The standard InChI is InChI=1S/C22H27N3O2S/c1-6-7-8-9-16-10-11-21(28-16)14(2)23-22-17-12-19(26-4)20(27-5)13-18(17)24-15(3)25-22/h8-14H,6-7H2,1-5H3,(H,23,24,25)/b9-8+/t14-/m0/s1. The van der Waals surface area contributed by atoms with E-state index in [4.69, 9.17) is 9.47 Å². The molecular formula is C22H27N3O2S. The van der Waals surface area contributed by atoms with Crippen LogP contribution in [0.4, 0.5) is 5.82 Å². The Morgan fingerprint density at radius 2 is 1.89 bits per heavy atom. The van der Waals surface area contributed by atoms with Gasteiger partial charge in [0.1, 0.15) is 11.6 Å². The normalized spacial score (nSPS) is 12.5. The molecule has 148 valence electrons. The third kappa shape index (κ3) is 4.44. The molecule has 1 atom stereocenters. The molecule has 5 nitrogen and oxygen atoms in total. The fraction of sp³-hybridized carbons (Fsp3) is 0.364. The topological polar surface area (TPSA) is 56.3 Å². The number of nitrogens with one attached hydrogen (secondary N) is 1. The molecule has 0 spiro atoms. The van der Waals surface area contributed by atoms with Crippen molar-refractivity contribution in [3.63, 3.8) is 0 Å². The number of aryl methyl sites for hydroxylation is 1. The number of anilines is 1. The second-order valence-corrected chi connectivity index (χ2v) is 7.79. The molecule has 0 saturated heterocycles. The van der Waals surface area contributed by atoms with Crippen LogP contribution in [-0.4, -0.2) is 24.2 Å². The van der Waals surface area contributed by atoms with Crippen LogP contribution in [0, 0.1) is 6.92 Å². The number of benzene rings is 1. The SMILES string of the molecule is CCC/C=C/c1ccc([C@H](C)Nc2nc(C)nc3cc(OC)c(OC)cc23)s1. The van der Waals surface area contributed by atoms with Gasteiger partial charge in [-0.2, -0.15) is 0 Å². The quantitative estimate of drug-likeness (QED) is 0.505. The van der Waals surface area contributed by atoms with Gasteiger partial charge in [-0.1, -0.05) is 19.4 Å². The van der Waals surface area contributed by atoms with Gasteiger partial charge in [0.25, 0.3) is 0 Å². The van der Waals surface area contributed by atoms with Crippen molar-refractivity contribution in [2.45, 2.75) is 39.7 Å². The number of nitrogens with zero attached hydrogens (tertiary/aromatic N) is 2. The van der Waals surface area contributed by atoms with Gasteiger partial charge < -0.3 is 14.8 Å². The zero-order valence-corrected chi connectivity index (χ0v) is 17.9. The number of hydrogen-bond donors (Lipinski definition) is 1. The Balaban J connectivity index is 1.90. The van der Waals surface area contributed by atoms with Crippen LogP contribution in [0.25, 0.3) is 17.0 Å². The van der Waals surface area contributed by atoms with Gasteiger partial charge >= 0.3 is 0 Å². The summed E-state index contributed by atoms with van der Waals surface area (Å²) in [7, 11) is 3.26. The monoisotopic (exact) mass is 397 g/mol. The predicted molar refractivity (Wildman–Crippen MR) is 118 cm³/mol. The van der Waals surface area contributed by atoms with Gasteiger partial charge in [-0.25, -0.2) is 9.97 Å². The first-order valence-electron chi connectivity index (χ1n) is 9.48. The van der Waals surface area contributed by atoms with Crippen molar-refractivity contribution in [2.75, 3.05) is 19.5 Å². The number of thiophene rings is 1. The third-order valence-electron chi connectivity index (χ3n) is 4.48. The molecule has 0 fully saturated rings. The van der Waals surface area contributed by atoms with Gasteiger partial charge in [-0.15, -0.1) is 11.3 Å². The minimum Gasteiger partial charge on any atom is -0.493 e. The summed E-state index contributed by atoms with van der Waals surface area (Å²) in [5.74, 6) is 2.84. The predicted octanol–water partition coefficient (Wildman–Crippen LogP) is 6.00. The number of hydrogen-bond acceptors (Lipinski definition) is 6. The molecule has 3 rings (SSSR count). The number of aromatic nitrogens is 2. The maximum atomic E-state index is 5.46. The second kappa shape index (κ2) is 9.06. The molecule has 2 heterocycles. The molecule has 1 aromatic carbocycles. The van der Waals surface area contributed by atoms with Crippen molar-refractivity contribution in [2.24, 2.45) is 0 Å². The van der Waals surface area contributed by atoms with Crippen molar-refractivity contribution < 1.29 is 9.47 Å². The maximum Gasteiger partial charge on any atom is 0.162 e. The molecule has 0 unspecified atom stereocenters. The number of allylic oxidation sites excluding steroid dienone is 1. The zero-order valence-electron chi connectivity index (χ0n) is 17.1. The molecule has 0 saturated carbocycles. The second-order valence-electron chi connectivity index (χ2n) is 6.64. The summed E-state index contributed by atoms with van der Waals surface area (Å²) < 4.78 is 10.9. The van der Waals surface area contributed by atoms with Crippen molar-refractivity contribution in [3.05, 3.63) is 45.9 Å². The maximum absolute atomic E-state index is 5.46. The van der Waals surface area contributed by atoms with E-state index in [9.17, 15) is 0 Å². The van der Waals surface area contributed by atoms with Crippen molar-refractivity contribution in [3.8, 4) is 11.5 Å². The number of methoxy groups -OCH3 is 2. The fourth-order valence-electron chi connectivity index (χ4n) is 3.01. The number of ether oxygens (including phenoxy) is 2. The molecular weight excluding hydrogens is 370 g/mol. The van der Waals surface area contributed by atoms with Gasteiger partial charge in [0, 0.05) is 21.2 Å². The largest absolute Gasteiger partial charge is 0.493 e. The summed E-state index contributed by atoms with van der Waals surface area (Å²) in [4.78, 5) is 11.7. The zero-order chi connectivity index (χ0) is 20.1. The minimum absolute atomic E-state index is 0.129. The van der Waals surface area contributed by atoms with Crippen LogP contribution in [0.1, 0.15) is 48.3 Å². The Labute approximate surface area is 170 Å². The first-order valence-corrected chi connectivity index (χ1v) is 10.3. The highest BCUT2D eigenvalue weighted by molar-refractivity contribution is 7.13. The van der Waals surface area contributed by atoms with Crippen LogP contribution in [0.2, 0.25) is 0 Å². The molecule has 2 aromatic heterocycles. The van der Waals surface area contributed by atoms with Crippen molar-refractivity contribution in [1.82, 2.24) is 9.97 Å². The van der Waals surface area contributed by atoms with Crippen LogP contribution in [-0.2, 0) is 0 Å². The molecule has 0 amide bonds. The first kappa shape index (κ1) is 20.1. The van der Waals surface area contributed by atoms with E-state index in [2.05, 4.69) is 53.4 Å². The van der Waals surface area contributed by atoms with Crippen LogP contribution in [0.5, 0.6) is 11.5 Å². The van der Waals surface area contributed by atoms with E-state index < -0.39 is 0 Å². The van der Waals surface area contributed by atoms with Crippen LogP contribution < -0.4 is 14.8 Å². The van der Waals surface area contributed by atoms with Crippen LogP contribution in [0.3, 0.4) is 0 Å². The number of fused-ring (bicyclic) bond motifs is 1. The summed E-state index contributed by atoms with van der Waals surface area (Å²) >= 11 is 1.80. The first-order chi connectivity index (χ1) is 13.5. The average molecular weight is 398 g/mol. The summed E-state index contributed by atoms with van der Waals surface area (Å²) in [5.41, 5.74) is 0.828. The fourth-order valence-corrected chi connectivity index (χ4v) is 3.96. The van der Waals surface area contributed by atoms with E-state index >= 15 is 0 Å². The summed E-state index contributed by atoms with van der Waals surface area (Å²) in [6.45, 7) is 6.23. The lowest BCUT2D eigenvalue weighted by Crippen LogP contribution is -2.08. The molecule has 28 heavy (non-hydrogen) atoms. The average Bonchev–Trinajstić information content (AvgIpc) is 3.16. The van der Waals surface area contributed by atoms with E-state index in [0.717, 1.165) is 23.1 Å². The molecule has 0 aliphatic heterocycles. The molecule has 6 heteroatoms. The van der Waals surface area contributed by atoms with Crippen LogP contribution in [0.15, 0.2) is 30.3 Å². The van der Waals surface area contributed by atoms with Crippen molar-refractivity contribution >= 4 is 34.1 Å². The summed E-state index contributed by atoms with van der Waals surface area (Å²) in [6.07, 6.45) is 6.71.